The van der Waals surface area contributed by atoms with Gasteiger partial charge in [-0.2, -0.15) is 0 Å². The maximum absolute atomic E-state index is 13.5. The Morgan fingerprint density at radius 2 is 1.68 bits per heavy atom. The van der Waals surface area contributed by atoms with Gasteiger partial charge in [0.05, 0.1) is 29.7 Å². The van der Waals surface area contributed by atoms with Gasteiger partial charge in [0.15, 0.2) is 11.5 Å². The number of morpholine rings is 1. The molecule has 38 heavy (non-hydrogen) atoms. The zero-order valence-corrected chi connectivity index (χ0v) is 21.0. The molecular formula is C29H25N3O6. The molecule has 0 spiro atoms. The third kappa shape index (κ3) is 3.92. The van der Waals surface area contributed by atoms with Crippen LogP contribution < -0.4 is 9.64 Å². The number of carbonyl (C=O) groups excluding carboxylic acids is 3. The Hall–Kier alpha value is -4.50. The summed E-state index contributed by atoms with van der Waals surface area (Å²) in [5.74, 6) is -1.17. The van der Waals surface area contributed by atoms with Crippen molar-refractivity contribution in [2.75, 3.05) is 31.2 Å². The Balaban J connectivity index is 1.41. The lowest BCUT2D eigenvalue weighted by atomic mass is 10.00. The molecule has 1 saturated heterocycles. The number of oxime groups is 1. The Labute approximate surface area is 218 Å². The maximum Gasteiger partial charge on any atom is 0.332 e. The quantitative estimate of drug-likeness (QED) is 0.223. The van der Waals surface area contributed by atoms with Gasteiger partial charge in [-0.3, -0.25) is 9.59 Å². The van der Waals surface area contributed by atoms with E-state index < -0.39 is 11.8 Å². The van der Waals surface area contributed by atoms with Gasteiger partial charge in [0.2, 0.25) is 0 Å². The highest BCUT2D eigenvalue weighted by Crippen LogP contribution is 2.41. The van der Waals surface area contributed by atoms with Crippen molar-refractivity contribution in [1.29, 1.82) is 0 Å². The van der Waals surface area contributed by atoms with Crippen LogP contribution >= 0.6 is 0 Å². The first-order chi connectivity index (χ1) is 18.5. The number of hydrogen-bond donors (Lipinski definition) is 0. The summed E-state index contributed by atoms with van der Waals surface area (Å²) < 4.78 is 13.3. The largest absolute Gasteiger partial charge is 0.432 e. The molecule has 3 heterocycles. The Morgan fingerprint density at radius 3 is 2.39 bits per heavy atom. The summed E-state index contributed by atoms with van der Waals surface area (Å²) in [5.41, 5.74) is 4.29. The molecule has 2 aliphatic rings. The molecule has 6 rings (SSSR count). The third-order valence-corrected chi connectivity index (χ3v) is 6.96. The van der Waals surface area contributed by atoms with E-state index in [1.165, 1.54) is 6.92 Å². The van der Waals surface area contributed by atoms with Crippen molar-refractivity contribution < 1.29 is 28.7 Å². The number of rotatable bonds is 5. The van der Waals surface area contributed by atoms with Crippen LogP contribution in [-0.4, -0.2) is 54.3 Å². The van der Waals surface area contributed by atoms with E-state index >= 15 is 0 Å². The molecule has 0 N–H and O–H groups in total. The summed E-state index contributed by atoms with van der Waals surface area (Å²) in [4.78, 5) is 44.4. The Morgan fingerprint density at radius 1 is 0.974 bits per heavy atom. The standard InChI is InChI=1S/C29H25N3O6/c1-3-32-23-10-6-19(26(34)18-4-7-20(8-5-18)31-12-14-36-15-13-31)16-22(23)25-24(32)11-9-21-27(35)29(37-28(21)25)30-38-17(2)33/h4-11,16H,3,12-15H2,1-2H3. The molecule has 9 heteroatoms. The van der Waals surface area contributed by atoms with Gasteiger partial charge in [-0.25, -0.2) is 4.79 Å². The molecule has 3 aromatic carbocycles. The molecule has 0 unspecified atom stereocenters. The van der Waals surface area contributed by atoms with E-state index in [0.717, 1.165) is 35.2 Å². The van der Waals surface area contributed by atoms with Crippen molar-refractivity contribution in [2.45, 2.75) is 20.4 Å². The maximum atomic E-state index is 13.5. The topological polar surface area (TPSA) is 99.4 Å². The molecule has 192 valence electrons. The highest BCUT2D eigenvalue weighted by atomic mass is 16.7. The van der Waals surface area contributed by atoms with Gasteiger partial charge in [0, 0.05) is 54.3 Å². The van der Waals surface area contributed by atoms with Crippen LogP contribution in [0.5, 0.6) is 5.75 Å². The minimum absolute atomic E-state index is 0.0977. The molecule has 0 amide bonds. The molecule has 4 aromatic rings. The van der Waals surface area contributed by atoms with Crippen molar-refractivity contribution in [1.82, 2.24) is 4.57 Å². The molecule has 0 atom stereocenters. The van der Waals surface area contributed by atoms with Gasteiger partial charge in [-0.05, 0) is 66.7 Å². The molecule has 0 bridgehead atoms. The first-order valence-electron chi connectivity index (χ1n) is 12.5. The van der Waals surface area contributed by atoms with E-state index in [-0.39, 0.29) is 11.7 Å². The Kier molecular flexibility index (Phi) is 5.92. The van der Waals surface area contributed by atoms with Crippen LogP contribution in [0.4, 0.5) is 5.69 Å². The first kappa shape index (κ1) is 23.9. The lowest BCUT2D eigenvalue weighted by Gasteiger charge is -2.28. The summed E-state index contributed by atoms with van der Waals surface area (Å²) >= 11 is 0. The van der Waals surface area contributed by atoms with E-state index in [4.69, 9.17) is 9.47 Å². The minimum atomic E-state index is -0.654. The number of hydrogen-bond acceptors (Lipinski definition) is 8. The van der Waals surface area contributed by atoms with Gasteiger partial charge in [0.1, 0.15) is 0 Å². The zero-order chi connectivity index (χ0) is 26.4. The molecule has 0 saturated carbocycles. The first-order valence-corrected chi connectivity index (χ1v) is 12.5. The van der Waals surface area contributed by atoms with Gasteiger partial charge in [0.25, 0.3) is 5.78 Å². The van der Waals surface area contributed by atoms with Gasteiger partial charge in [-0.15, -0.1) is 0 Å². The number of aryl methyl sites for hydroxylation is 1. The number of benzene rings is 3. The smallest absolute Gasteiger partial charge is 0.332 e. The van der Waals surface area contributed by atoms with E-state index in [1.54, 1.807) is 6.07 Å². The second kappa shape index (κ2) is 9.42. The number of carbonyl (C=O) groups is 3. The predicted octanol–water partition coefficient (Wildman–Crippen LogP) is 4.33. The predicted molar refractivity (Wildman–Crippen MR) is 142 cm³/mol. The number of ether oxygens (including phenoxy) is 2. The fraction of sp³-hybridized carbons (Fsp3) is 0.241. The monoisotopic (exact) mass is 511 g/mol. The summed E-state index contributed by atoms with van der Waals surface area (Å²) in [6.07, 6.45) is 0. The summed E-state index contributed by atoms with van der Waals surface area (Å²) in [5, 5.41) is 5.08. The molecule has 2 aliphatic heterocycles. The van der Waals surface area contributed by atoms with Gasteiger partial charge in [-0.1, -0.05) is 0 Å². The highest BCUT2D eigenvalue weighted by Gasteiger charge is 2.33. The van der Waals surface area contributed by atoms with Crippen molar-refractivity contribution >= 4 is 50.9 Å². The van der Waals surface area contributed by atoms with Crippen LogP contribution in [0.3, 0.4) is 0 Å². The SMILES string of the molecule is CCn1c2ccc(C(=O)c3ccc(N4CCOCC4)cc3)cc2c2c3c(ccc21)C(=O)C(=NOC(C)=O)O3. The normalized spacial score (nSPS) is 16.2. The van der Waals surface area contributed by atoms with E-state index in [9.17, 15) is 14.4 Å². The van der Waals surface area contributed by atoms with Gasteiger partial charge < -0.3 is 23.8 Å². The molecular weight excluding hydrogens is 486 g/mol. The van der Waals surface area contributed by atoms with E-state index in [0.29, 0.717) is 47.6 Å². The average molecular weight is 512 g/mol. The minimum Gasteiger partial charge on any atom is -0.432 e. The van der Waals surface area contributed by atoms with Crippen LogP contribution in [0.15, 0.2) is 59.8 Å². The number of Topliss-reactive ketones (excluding diaryl/α,β-unsaturated/α-hetero) is 1. The fourth-order valence-corrected chi connectivity index (χ4v) is 5.16. The third-order valence-electron chi connectivity index (χ3n) is 6.96. The lowest BCUT2D eigenvalue weighted by molar-refractivity contribution is -0.141. The summed E-state index contributed by atoms with van der Waals surface area (Å²) in [6.45, 7) is 6.95. The lowest BCUT2D eigenvalue weighted by Crippen LogP contribution is -2.36. The van der Waals surface area contributed by atoms with Crippen molar-refractivity contribution in [2.24, 2.45) is 5.16 Å². The molecule has 0 radical (unpaired) electrons. The fourth-order valence-electron chi connectivity index (χ4n) is 5.16. The van der Waals surface area contributed by atoms with Crippen LogP contribution in [0.2, 0.25) is 0 Å². The molecule has 1 aromatic heterocycles. The molecule has 0 aliphatic carbocycles. The number of nitrogens with zero attached hydrogens (tertiary/aromatic N) is 3. The number of fused-ring (bicyclic) bond motifs is 5. The second-order valence-electron chi connectivity index (χ2n) is 9.20. The zero-order valence-electron chi connectivity index (χ0n) is 21.0. The van der Waals surface area contributed by atoms with Crippen molar-refractivity contribution in [3.8, 4) is 5.75 Å². The van der Waals surface area contributed by atoms with Gasteiger partial charge >= 0.3 is 11.9 Å². The second-order valence-corrected chi connectivity index (χ2v) is 9.20. The van der Waals surface area contributed by atoms with Crippen LogP contribution in [0.25, 0.3) is 21.8 Å². The number of anilines is 1. The summed E-state index contributed by atoms with van der Waals surface area (Å²) in [6, 6.07) is 16.8. The average Bonchev–Trinajstić information content (AvgIpc) is 3.45. The number of aromatic nitrogens is 1. The number of ketones is 2. The highest BCUT2D eigenvalue weighted by molar-refractivity contribution is 6.47. The van der Waals surface area contributed by atoms with E-state index in [1.807, 2.05) is 55.5 Å². The van der Waals surface area contributed by atoms with Crippen LogP contribution in [0, 0.1) is 0 Å². The van der Waals surface area contributed by atoms with Crippen LogP contribution in [0.1, 0.15) is 40.1 Å². The van der Waals surface area contributed by atoms with E-state index in [2.05, 4.69) is 19.5 Å². The molecule has 9 nitrogen and oxygen atoms in total. The van der Waals surface area contributed by atoms with Crippen molar-refractivity contribution in [3.63, 3.8) is 0 Å². The Bertz CT molecular complexity index is 1640. The molecule has 1 fully saturated rings. The van der Waals surface area contributed by atoms with Crippen LogP contribution in [-0.2, 0) is 20.9 Å². The van der Waals surface area contributed by atoms with Crippen molar-refractivity contribution in [3.05, 3.63) is 71.3 Å². The summed E-state index contributed by atoms with van der Waals surface area (Å²) in [7, 11) is 0.